The molecule has 1 heterocycles. The molecule has 0 aromatic heterocycles. The molecule has 0 unspecified atom stereocenters. The fraction of sp³-hybridized carbons (Fsp3) is 0.625. The molecule has 1 aromatic carbocycles. The molecule has 4 heteroatoms. The van der Waals surface area contributed by atoms with Gasteiger partial charge in [-0.05, 0) is 30.3 Å². The Bertz CT molecular complexity index is 448. The van der Waals surface area contributed by atoms with Crippen LogP contribution in [-0.2, 0) is 0 Å². The lowest BCUT2D eigenvalue weighted by molar-refractivity contribution is 0.488. The van der Waals surface area contributed by atoms with Crippen LogP contribution in [0, 0.1) is 0 Å². The molecule has 1 fully saturated rings. The fourth-order valence-electron chi connectivity index (χ4n) is 2.14. The number of anilines is 1. The zero-order valence-corrected chi connectivity index (χ0v) is 14.5. The molecule has 0 bridgehead atoms. The van der Waals surface area contributed by atoms with Crippen LogP contribution in [0.15, 0.2) is 24.3 Å². The van der Waals surface area contributed by atoms with Crippen LogP contribution in [0.25, 0.3) is 0 Å². The molecule has 2 rings (SSSR count). The van der Waals surface area contributed by atoms with Crippen LogP contribution in [0.1, 0.15) is 20.8 Å². The summed E-state index contributed by atoms with van der Waals surface area (Å²) in [5.74, 6) is 1.06. The van der Waals surface area contributed by atoms with E-state index < -0.39 is 8.32 Å². The van der Waals surface area contributed by atoms with Gasteiger partial charge in [0.2, 0.25) is 0 Å². The Morgan fingerprint density at radius 1 is 1.10 bits per heavy atom. The van der Waals surface area contributed by atoms with E-state index in [4.69, 9.17) is 4.43 Å². The summed E-state index contributed by atoms with van der Waals surface area (Å²) >= 11 is 0. The Balaban J connectivity index is 2.24. The third-order valence-electron chi connectivity index (χ3n) is 4.49. The average molecular weight is 292 g/mol. The minimum Gasteiger partial charge on any atom is -0.542 e. The van der Waals surface area contributed by atoms with Crippen LogP contribution >= 0.6 is 0 Å². The van der Waals surface area contributed by atoms with Gasteiger partial charge < -0.3 is 14.6 Å². The molecule has 0 amide bonds. The van der Waals surface area contributed by atoms with Crippen molar-refractivity contribution in [3.63, 3.8) is 0 Å². The summed E-state index contributed by atoms with van der Waals surface area (Å²) < 4.78 is 6.53. The van der Waals surface area contributed by atoms with Gasteiger partial charge in [-0.15, -0.1) is 0 Å². The molecule has 1 N–H and O–H groups in total. The van der Waals surface area contributed by atoms with Gasteiger partial charge in [-0.2, -0.15) is 0 Å². The Hall–Kier alpha value is -1.00. The minimum atomic E-state index is -1.78. The first-order valence-electron chi connectivity index (χ1n) is 7.55. The van der Waals surface area contributed by atoms with Crippen molar-refractivity contribution in [3.05, 3.63) is 24.3 Å². The topological polar surface area (TPSA) is 24.5 Å². The first-order valence-corrected chi connectivity index (χ1v) is 10.5. The van der Waals surface area contributed by atoms with E-state index >= 15 is 0 Å². The van der Waals surface area contributed by atoms with E-state index in [2.05, 4.69) is 68.3 Å². The second-order valence-electron chi connectivity index (χ2n) is 7.07. The molecule has 0 saturated carbocycles. The van der Waals surface area contributed by atoms with Crippen molar-refractivity contribution < 1.29 is 4.43 Å². The first-order chi connectivity index (χ1) is 9.31. The third-order valence-corrected chi connectivity index (χ3v) is 8.84. The zero-order valence-electron chi connectivity index (χ0n) is 13.5. The number of hydrogen-bond acceptors (Lipinski definition) is 3. The summed E-state index contributed by atoms with van der Waals surface area (Å²) in [6.45, 7) is 15.7. The van der Waals surface area contributed by atoms with Crippen molar-refractivity contribution in [1.29, 1.82) is 0 Å². The maximum Gasteiger partial charge on any atom is 0.250 e. The van der Waals surface area contributed by atoms with Gasteiger partial charge >= 0.3 is 0 Å². The smallest absolute Gasteiger partial charge is 0.250 e. The van der Waals surface area contributed by atoms with E-state index in [9.17, 15) is 0 Å². The number of hydrogen-bond donors (Lipinski definition) is 1. The highest BCUT2D eigenvalue weighted by Crippen LogP contribution is 2.40. The molecule has 0 aliphatic carbocycles. The van der Waals surface area contributed by atoms with E-state index in [1.54, 1.807) is 0 Å². The molecule has 20 heavy (non-hydrogen) atoms. The molecular formula is C16H28N2OSi. The monoisotopic (exact) mass is 292 g/mol. The lowest BCUT2D eigenvalue weighted by Crippen LogP contribution is -2.46. The van der Waals surface area contributed by atoms with Crippen LogP contribution in [0.3, 0.4) is 0 Å². The number of para-hydroxylation sites is 2. The summed E-state index contributed by atoms with van der Waals surface area (Å²) in [6.07, 6.45) is 0. The Morgan fingerprint density at radius 2 is 1.70 bits per heavy atom. The van der Waals surface area contributed by atoms with E-state index in [1.165, 1.54) is 5.69 Å². The number of benzene rings is 1. The summed E-state index contributed by atoms with van der Waals surface area (Å²) in [7, 11) is -1.78. The van der Waals surface area contributed by atoms with Gasteiger partial charge in [-0.25, -0.2) is 0 Å². The Labute approximate surface area is 124 Å². The van der Waals surface area contributed by atoms with Gasteiger partial charge in [0.15, 0.2) is 0 Å². The summed E-state index contributed by atoms with van der Waals surface area (Å²) in [4.78, 5) is 2.43. The predicted molar refractivity (Wildman–Crippen MR) is 89.3 cm³/mol. The fourth-order valence-corrected chi connectivity index (χ4v) is 3.17. The maximum atomic E-state index is 6.53. The lowest BCUT2D eigenvalue weighted by Gasteiger charge is -2.38. The van der Waals surface area contributed by atoms with E-state index in [0.717, 1.165) is 31.9 Å². The summed E-state index contributed by atoms with van der Waals surface area (Å²) in [6, 6.07) is 8.50. The number of nitrogens with one attached hydrogen (secondary N) is 1. The molecular weight excluding hydrogens is 264 g/mol. The van der Waals surface area contributed by atoms with Crippen LogP contribution in [-0.4, -0.2) is 34.5 Å². The number of piperazine rings is 1. The quantitative estimate of drug-likeness (QED) is 0.863. The van der Waals surface area contributed by atoms with Gasteiger partial charge in [0.05, 0.1) is 5.69 Å². The molecule has 0 spiro atoms. The van der Waals surface area contributed by atoms with Gasteiger partial charge in [0.25, 0.3) is 8.32 Å². The molecule has 1 aliphatic heterocycles. The lowest BCUT2D eigenvalue weighted by atomic mass is 10.2. The predicted octanol–water partition coefficient (Wildman–Crippen LogP) is 3.48. The molecule has 0 atom stereocenters. The Morgan fingerprint density at radius 3 is 2.30 bits per heavy atom. The standard InChI is InChI=1S/C16H28N2OSi/c1-16(2,3)20(4,5)19-15-9-7-6-8-14(15)18-12-10-17-11-13-18/h6-9,17H,10-13H2,1-5H3. The molecule has 1 saturated heterocycles. The van der Waals surface area contributed by atoms with Crippen molar-refractivity contribution in [2.45, 2.75) is 38.9 Å². The second kappa shape index (κ2) is 5.78. The van der Waals surface area contributed by atoms with E-state index in [0.29, 0.717) is 0 Å². The van der Waals surface area contributed by atoms with Crippen molar-refractivity contribution in [3.8, 4) is 5.75 Å². The van der Waals surface area contributed by atoms with E-state index in [1.807, 2.05) is 0 Å². The summed E-state index contributed by atoms with van der Waals surface area (Å²) in [5, 5.41) is 3.63. The third kappa shape index (κ3) is 3.36. The van der Waals surface area contributed by atoms with Crippen LogP contribution < -0.4 is 14.6 Å². The molecule has 3 nitrogen and oxygen atoms in total. The molecule has 0 radical (unpaired) electrons. The maximum absolute atomic E-state index is 6.53. The van der Waals surface area contributed by atoms with Crippen molar-refractivity contribution in [2.75, 3.05) is 31.1 Å². The average Bonchev–Trinajstić information content (AvgIpc) is 2.38. The number of rotatable bonds is 3. The molecule has 112 valence electrons. The molecule has 1 aliphatic rings. The SMILES string of the molecule is CC(C)(C)[Si](C)(C)Oc1ccccc1N1CCNCC1. The Kier molecular flexibility index (Phi) is 4.45. The minimum absolute atomic E-state index is 0.226. The van der Waals surface area contributed by atoms with E-state index in [-0.39, 0.29) is 5.04 Å². The summed E-state index contributed by atoms with van der Waals surface area (Å²) in [5.41, 5.74) is 1.25. The van der Waals surface area contributed by atoms with Gasteiger partial charge in [0.1, 0.15) is 5.75 Å². The van der Waals surface area contributed by atoms with Gasteiger partial charge in [-0.3, -0.25) is 0 Å². The zero-order chi connectivity index (χ0) is 14.8. The van der Waals surface area contributed by atoms with Gasteiger partial charge in [0, 0.05) is 26.2 Å². The number of nitrogens with zero attached hydrogens (tertiary/aromatic N) is 1. The highest BCUT2D eigenvalue weighted by atomic mass is 28.4. The van der Waals surface area contributed by atoms with Crippen molar-refractivity contribution in [2.24, 2.45) is 0 Å². The molecule has 1 aromatic rings. The first kappa shape index (κ1) is 15.4. The van der Waals surface area contributed by atoms with Crippen LogP contribution in [0.2, 0.25) is 18.1 Å². The van der Waals surface area contributed by atoms with Crippen molar-refractivity contribution in [1.82, 2.24) is 5.32 Å². The van der Waals surface area contributed by atoms with Crippen LogP contribution in [0.4, 0.5) is 5.69 Å². The largest absolute Gasteiger partial charge is 0.542 e. The highest BCUT2D eigenvalue weighted by Gasteiger charge is 2.39. The highest BCUT2D eigenvalue weighted by molar-refractivity contribution is 6.74. The normalized spacial score (nSPS) is 17.1. The second-order valence-corrected chi connectivity index (χ2v) is 11.8. The van der Waals surface area contributed by atoms with Crippen LogP contribution in [0.5, 0.6) is 5.75 Å². The van der Waals surface area contributed by atoms with Gasteiger partial charge in [-0.1, -0.05) is 32.9 Å². The van der Waals surface area contributed by atoms with Crippen molar-refractivity contribution >= 4 is 14.0 Å².